The predicted octanol–water partition coefficient (Wildman–Crippen LogP) is 3.40. The lowest BCUT2D eigenvalue weighted by molar-refractivity contribution is -0.123. The Morgan fingerprint density at radius 1 is 1.15 bits per heavy atom. The van der Waals surface area contributed by atoms with Crippen LogP contribution in [0.5, 0.6) is 0 Å². The number of rotatable bonds is 5. The first-order valence-electron chi connectivity index (χ1n) is 8.38. The smallest absolute Gasteiger partial charge is 0.220 e. The number of hydrogen-bond acceptors (Lipinski definition) is 2. The van der Waals surface area contributed by atoms with Gasteiger partial charge in [-0.3, -0.25) is 4.79 Å². The quantitative estimate of drug-likeness (QED) is 0.811. The van der Waals surface area contributed by atoms with E-state index < -0.39 is 5.60 Å². The summed E-state index contributed by atoms with van der Waals surface area (Å²) < 4.78 is 0. The highest BCUT2D eigenvalue weighted by Crippen LogP contribution is 2.39. The fraction of sp³-hybridized carbons (Fsp3) is 0.941. The minimum atomic E-state index is -0.668. The number of nitrogens with one attached hydrogen (secondary N) is 1. The summed E-state index contributed by atoms with van der Waals surface area (Å²) in [6, 6.07) is 0. The van der Waals surface area contributed by atoms with Gasteiger partial charge in [-0.05, 0) is 43.4 Å². The fourth-order valence-electron chi connectivity index (χ4n) is 3.55. The highest BCUT2D eigenvalue weighted by molar-refractivity contribution is 5.75. The van der Waals surface area contributed by atoms with Crippen LogP contribution in [0.15, 0.2) is 0 Å². The van der Waals surface area contributed by atoms with Gasteiger partial charge in [0.05, 0.1) is 5.60 Å². The van der Waals surface area contributed by atoms with Gasteiger partial charge >= 0.3 is 0 Å². The van der Waals surface area contributed by atoms with Crippen molar-refractivity contribution >= 4 is 5.91 Å². The molecule has 2 aliphatic carbocycles. The maximum absolute atomic E-state index is 11.9. The molecule has 0 saturated heterocycles. The molecule has 0 aromatic rings. The molecule has 0 bridgehead atoms. The van der Waals surface area contributed by atoms with Crippen LogP contribution in [0.2, 0.25) is 0 Å². The van der Waals surface area contributed by atoms with Crippen molar-refractivity contribution in [2.75, 3.05) is 6.54 Å². The van der Waals surface area contributed by atoms with E-state index in [4.69, 9.17) is 0 Å². The van der Waals surface area contributed by atoms with E-state index in [2.05, 4.69) is 19.2 Å². The molecule has 0 aromatic carbocycles. The lowest BCUT2D eigenvalue weighted by Crippen LogP contribution is -2.46. The van der Waals surface area contributed by atoms with E-state index >= 15 is 0 Å². The Labute approximate surface area is 123 Å². The van der Waals surface area contributed by atoms with E-state index in [1.807, 2.05) is 0 Å². The van der Waals surface area contributed by atoms with Gasteiger partial charge in [-0.25, -0.2) is 0 Å². The highest BCUT2D eigenvalue weighted by atomic mass is 16.3. The molecular weight excluding hydrogens is 250 g/mol. The molecule has 3 heteroatoms. The zero-order valence-corrected chi connectivity index (χ0v) is 13.2. The van der Waals surface area contributed by atoms with Crippen LogP contribution in [-0.4, -0.2) is 23.2 Å². The highest BCUT2D eigenvalue weighted by Gasteiger charge is 2.36. The average molecular weight is 281 g/mol. The van der Waals surface area contributed by atoms with Crippen LogP contribution >= 0.6 is 0 Å². The van der Waals surface area contributed by atoms with E-state index in [9.17, 15) is 9.90 Å². The van der Waals surface area contributed by atoms with Crippen LogP contribution in [0.4, 0.5) is 0 Å². The van der Waals surface area contributed by atoms with Crippen molar-refractivity contribution in [3.05, 3.63) is 0 Å². The standard InChI is InChI=1S/C17H31NO2/c1-16(2)9-11-17(20,12-10-16)13-18-15(19)8-7-14-5-3-4-6-14/h14,20H,3-13H2,1-2H3,(H,18,19). The number of carbonyl (C=O) groups excluding carboxylic acids is 1. The van der Waals surface area contributed by atoms with Gasteiger partial charge in [0.2, 0.25) is 5.91 Å². The van der Waals surface area contributed by atoms with Gasteiger partial charge in [0.15, 0.2) is 0 Å². The number of aliphatic hydroxyl groups is 1. The summed E-state index contributed by atoms with van der Waals surface area (Å²) in [7, 11) is 0. The second kappa shape index (κ2) is 6.46. The van der Waals surface area contributed by atoms with Crippen LogP contribution < -0.4 is 5.32 Å². The Morgan fingerprint density at radius 3 is 2.35 bits per heavy atom. The van der Waals surface area contributed by atoms with E-state index in [-0.39, 0.29) is 5.91 Å². The summed E-state index contributed by atoms with van der Waals surface area (Å²) >= 11 is 0. The van der Waals surface area contributed by atoms with Crippen molar-refractivity contribution < 1.29 is 9.90 Å². The van der Waals surface area contributed by atoms with Crippen LogP contribution in [0.25, 0.3) is 0 Å². The number of hydrogen-bond donors (Lipinski definition) is 2. The van der Waals surface area contributed by atoms with Crippen molar-refractivity contribution in [2.24, 2.45) is 11.3 Å². The molecule has 1 amide bonds. The minimum Gasteiger partial charge on any atom is -0.388 e. The molecule has 116 valence electrons. The number of carbonyl (C=O) groups is 1. The summed E-state index contributed by atoms with van der Waals surface area (Å²) in [6.07, 6.45) is 10.6. The van der Waals surface area contributed by atoms with E-state index in [0.29, 0.717) is 18.4 Å². The molecule has 2 rings (SSSR count). The molecule has 20 heavy (non-hydrogen) atoms. The first kappa shape index (κ1) is 15.8. The van der Waals surface area contributed by atoms with Gasteiger partial charge in [-0.1, -0.05) is 39.5 Å². The minimum absolute atomic E-state index is 0.121. The van der Waals surface area contributed by atoms with Crippen LogP contribution in [0, 0.1) is 11.3 Å². The molecule has 2 fully saturated rings. The second-order valence-electron chi connectivity index (χ2n) is 7.85. The van der Waals surface area contributed by atoms with Crippen LogP contribution in [-0.2, 0) is 4.79 Å². The van der Waals surface area contributed by atoms with Crippen LogP contribution in [0.1, 0.15) is 78.1 Å². The Morgan fingerprint density at radius 2 is 1.75 bits per heavy atom. The molecule has 2 N–H and O–H groups in total. The molecular formula is C17H31NO2. The summed E-state index contributed by atoms with van der Waals surface area (Å²) in [5.41, 5.74) is -0.322. The van der Waals surface area contributed by atoms with Gasteiger partial charge in [0.1, 0.15) is 0 Å². The van der Waals surface area contributed by atoms with Crippen molar-refractivity contribution in [3.63, 3.8) is 0 Å². The Bertz CT molecular complexity index is 322. The van der Waals surface area contributed by atoms with Gasteiger partial charge in [0.25, 0.3) is 0 Å². The molecule has 0 spiro atoms. The summed E-state index contributed by atoms with van der Waals surface area (Å²) in [5.74, 6) is 0.884. The summed E-state index contributed by atoms with van der Waals surface area (Å²) in [5, 5.41) is 13.5. The van der Waals surface area contributed by atoms with E-state index in [0.717, 1.165) is 38.0 Å². The zero-order chi connectivity index (χ0) is 14.6. The fourth-order valence-corrected chi connectivity index (χ4v) is 3.55. The summed E-state index contributed by atoms with van der Waals surface area (Å²) in [6.45, 7) is 4.95. The zero-order valence-electron chi connectivity index (χ0n) is 13.2. The van der Waals surface area contributed by atoms with Crippen molar-refractivity contribution in [1.82, 2.24) is 5.32 Å². The molecule has 3 nitrogen and oxygen atoms in total. The average Bonchev–Trinajstić information content (AvgIpc) is 2.92. The van der Waals surface area contributed by atoms with Gasteiger partial charge < -0.3 is 10.4 Å². The van der Waals surface area contributed by atoms with Gasteiger partial charge in [-0.15, -0.1) is 0 Å². The Kier molecular flexibility index (Phi) is 5.11. The van der Waals surface area contributed by atoms with Gasteiger partial charge in [0, 0.05) is 13.0 Å². The van der Waals surface area contributed by atoms with E-state index in [1.165, 1.54) is 25.7 Å². The monoisotopic (exact) mass is 281 g/mol. The molecule has 0 aromatic heterocycles. The largest absolute Gasteiger partial charge is 0.388 e. The Balaban J connectivity index is 1.65. The maximum atomic E-state index is 11.9. The Hall–Kier alpha value is -0.570. The first-order valence-corrected chi connectivity index (χ1v) is 8.38. The molecule has 2 aliphatic rings. The van der Waals surface area contributed by atoms with Crippen molar-refractivity contribution in [2.45, 2.75) is 83.7 Å². The number of amides is 1. The van der Waals surface area contributed by atoms with E-state index in [1.54, 1.807) is 0 Å². The molecule has 0 heterocycles. The third kappa shape index (κ3) is 4.76. The molecule has 0 unspecified atom stereocenters. The van der Waals surface area contributed by atoms with Crippen LogP contribution in [0.3, 0.4) is 0 Å². The topological polar surface area (TPSA) is 49.3 Å². The normalized spacial score (nSPS) is 25.6. The van der Waals surface area contributed by atoms with Crippen molar-refractivity contribution in [1.29, 1.82) is 0 Å². The third-order valence-corrected chi connectivity index (χ3v) is 5.40. The molecule has 0 aliphatic heterocycles. The van der Waals surface area contributed by atoms with Crippen molar-refractivity contribution in [3.8, 4) is 0 Å². The van der Waals surface area contributed by atoms with Gasteiger partial charge in [-0.2, -0.15) is 0 Å². The third-order valence-electron chi connectivity index (χ3n) is 5.40. The predicted molar refractivity (Wildman–Crippen MR) is 81.4 cm³/mol. The second-order valence-corrected chi connectivity index (χ2v) is 7.85. The maximum Gasteiger partial charge on any atom is 0.220 e. The SMILES string of the molecule is CC1(C)CCC(O)(CNC(=O)CCC2CCCC2)CC1. The summed E-state index contributed by atoms with van der Waals surface area (Å²) in [4.78, 5) is 11.9. The lowest BCUT2D eigenvalue weighted by atomic mass is 9.71. The molecule has 0 radical (unpaired) electrons. The molecule has 2 saturated carbocycles. The lowest BCUT2D eigenvalue weighted by Gasteiger charge is -2.40. The molecule has 0 atom stereocenters. The first-order chi connectivity index (χ1) is 9.39.